The Bertz CT molecular complexity index is 806. The maximum absolute atomic E-state index is 15.2. The Morgan fingerprint density at radius 3 is 1.59 bits per heavy atom. The van der Waals surface area contributed by atoms with E-state index in [9.17, 15) is 54.9 Å². The third-order valence-electron chi connectivity index (χ3n) is 4.67. The van der Waals surface area contributed by atoms with Crippen molar-refractivity contribution in [3.63, 3.8) is 0 Å². The molecule has 0 aliphatic heterocycles. The predicted molar refractivity (Wildman–Crippen MR) is 81.6 cm³/mol. The minimum absolute atomic E-state index is 0.144. The van der Waals surface area contributed by atoms with E-state index in [1.807, 2.05) is 0 Å². The molecule has 1 aliphatic rings. The first kappa shape index (κ1) is 27.7. The number of hydrogen-bond donors (Lipinski definition) is 2. The molecule has 0 radical (unpaired) electrons. The molecule has 0 aromatic heterocycles. The number of alkyl halides is 10. The number of carbonyl (C=O) groups excluding carboxylic acids is 2. The first-order valence-electron chi connectivity index (χ1n) is 8.03. The van der Waals surface area contributed by atoms with Gasteiger partial charge in [-0.05, 0) is 0 Å². The van der Waals surface area contributed by atoms with E-state index in [2.05, 4.69) is 22.6 Å². The molecule has 1 rings (SSSR count). The largest absolute Gasteiger partial charge is 0.418 e. The lowest BCUT2D eigenvalue weighted by molar-refractivity contribution is -0.471. The highest BCUT2D eigenvalue weighted by molar-refractivity contribution is 5.82. The first-order chi connectivity index (χ1) is 14.2. The Hall–Kier alpha value is -2.36. The van der Waals surface area contributed by atoms with Crippen molar-refractivity contribution >= 4 is 11.9 Å². The average Bonchev–Trinajstić information content (AvgIpc) is 2.70. The van der Waals surface area contributed by atoms with E-state index < -0.39 is 72.4 Å². The molecule has 0 bridgehead atoms. The molecule has 4 atom stereocenters. The Labute approximate surface area is 172 Å². The molecule has 6 nitrogen and oxygen atoms in total. The summed E-state index contributed by atoms with van der Waals surface area (Å²) >= 11 is 0. The fourth-order valence-electron chi connectivity index (χ4n) is 2.79. The van der Waals surface area contributed by atoms with Crippen LogP contribution in [0.25, 0.3) is 0 Å². The van der Waals surface area contributed by atoms with Crippen LogP contribution in [-0.2, 0) is 19.1 Å². The summed E-state index contributed by atoms with van der Waals surface area (Å²) < 4.78 is 152. The lowest BCUT2D eigenvalue weighted by atomic mass is 9.69. The van der Waals surface area contributed by atoms with Crippen molar-refractivity contribution in [3.8, 4) is 0 Å². The third-order valence-corrected chi connectivity index (χ3v) is 4.67. The summed E-state index contributed by atoms with van der Waals surface area (Å²) in [6.07, 6.45) is -3.69. The second-order valence-electron chi connectivity index (χ2n) is 6.63. The second-order valence-corrected chi connectivity index (χ2v) is 6.63. The SMILES string of the molecule is C=CC(=O)OC1(F)CC(O)(CF)C(F)(F)C(O)(CF)C(F)(F)C(F)(OC(=O)C=C)C1(F)F. The Morgan fingerprint density at radius 2 is 1.22 bits per heavy atom. The summed E-state index contributed by atoms with van der Waals surface area (Å²) in [5.74, 6) is -37.7. The topological polar surface area (TPSA) is 93.1 Å². The second kappa shape index (κ2) is 7.90. The van der Waals surface area contributed by atoms with Gasteiger partial charge in [0.25, 0.3) is 0 Å². The van der Waals surface area contributed by atoms with Crippen molar-refractivity contribution in [2.45, 2.75) is 47.1 Å². The van der Waals surface area contributed by atoms with Crippen LogP contribution in [-0.4, -0.2) is 76.2 Å². The van der Waals surface area contributed by atoms with Gasteiger partial charge in [0, 0.05) is 12.2 Å². The number of carbonyl (C=O) groups is 2. The number of hydrogen-bond acceptors (Lipinski definition) is 6. The smallest absolute Gasteiger partial charge is 0.390 e. The van der Waals surface area contributed by atoms with Crippen LogP contribution < -0.4 is 0 Å². The van der Waals surface area contributed by atoms with Gasteiger partial charge in [-0.2, -0.15) is 35.1 Å². The zero-order valence-corrected chi connectivity index (χ0v) is 15.5. The fourth-order valence-corrected chi connectivity index (χ4v) is 2.79. The molecule has 16 heteroatoms. The van der Waals surface area contributed by atoms with E-state index in [-0.39, 0.29) is 12.2 Å². The molecule has 4 unspecified atom stereocenters. The molecule has 0 amide bonds. The Kier molecular flexibility index (Phi) is 6.83. The standard InChI is InChI=1S/C16H14F10O6/c1-3-8(27)31-12(19)5-10(29,6-17)13(20,21)11(30,7-18)14(22,23)16(26,15(12,24)25)32-9(28)4-2/h3-4,29-30H,1-2,5-7H2. The van der Waals surface area contributed by atoms with Crippen molar-refractivity contribution in [2.75, 3.05) is 13.3 Å². The molecule has 184 valence electrons. The molecule has 1 aliphatic carbocycles. The highest BCUT2D eigenvalue weighted by Crippen LogP contribution is 2.64. The third kappa shape index (κ3) is 3.25. The van der Waals surface area contributed by atoms with Gasteiger partial charge >= 0.3 is 41.4 Å². The zero-order valence-electron chi connectivity index (χ0n) is 15.5. The van der Waals surface area contributed by atoms with Crippen molar-refractivity contribution in [1.29, 1.82) is 0 Å². The summed E-state index contributed by atoms with van der Waals surface area (Å²) in [6, 6.07) is 0. The minimum atomic E-state index is -7.05. The van der Waals surface area contributed by atoms with E-state index in [1.165, 1.54) is 0 Å². The number of esters is 2. The molecule has 32 heavy (non-hydrogen) atoms. The van der Waals surface area contributed by atoms with Gasteiger partial charge in [0.2, 0.25) is 5.60 Å². The van der Waals surface area contributed by atoms with Crippen LogP contribution in [0.1, 0.15) is 6.42 Å². The molecule has 2 N–H and O–H groups in total. The molecule has 0 aromatic rings. The normalized spacial score (nSPS) is 38.0. The van der Waals surface area contributed by atoms with E-state index in [1.54, 1.807) is 0 Å². The van der Waals surface area contributed by atoms with Gasteiger partial charge in [-0.3, -0.25) is 0 Å². The van der Waals surface area contributed by atoms with Crippen molar-refractivity contribution in [2.24, 2.45) is 0 Å². The summed E-state index contributed by atoms with van der Waals surface area (Å²) in [4.78, 5) is 22.5. The van der Waals surface area contributed by atoms with Crippen LogP contribution in [0.4, 0.5) is 43.9 Å². The fraction of sp³-hybridized carbons (Fsp3) is 0.625. The number of halogens is 10. The summed E-state index contributed by atoms with van der Waals surface area (Å²) in [6.45, 7) is -1.58. The van der Waals surface area contributed by atoms with Gasteiger partial charge in [-0.15, -0.1) is 0 Å². The summed E-state index contributed by atoms with van der Waals surface area (Å²) in [5.41, 5.74) is -11.2. The van der Waals surface area contributed by atoms with Crippen LogP contribution in [0.3, 0.4) is 0 Å². The molecular formula is C16H14F10O6. The molecule has 0 aromatic carbocycles. The first-order valence-corrected chi connectivity index (χ1v) is 8.03. The molecule has 0 spiro atoms. The van der Waals surface area contributed by atoms with Gasteiger partial charge in [-0.25, -0.2) is 18.4 Å². The Balaban J connectivity index is 4.20. The molecular weight excluding hydrogens is 478 g/mol. The monoisotopic (exact) mass is 492 g/mol. The van der Waals surface area contributed by atoms with E-state index in [0.717, 1.165) is 0 Å². The van der Waals surface area contributed by atoms with Crippen LogP contribution in [0.5, 0.6) is 0 Å². The van der Waals surface area contributed by atoms with Crippen molar-refractivity contribution < 1.29 is 73.2 Å². The number of aliphatic hydroxyl groups is 2. The number of rotatable bonds is 6. The maximum atomic E-state index is 15.2. The van der Waals surface area contributed by atoms with Gasteiger partial charge in [0.1, 0.15) is 13.3 Å². The maximum Gasteiger partial charge on any atom is 0.390 e. The molecule has 1 saturated carbocycles. The van der Waals surface area contributed by atoms with Crippen LogP contribution >= 0.6 is 0 Å². The molecule has 0 saturated heterocycles. The van der Waals surface area contributed by atoms with Crippen LogP contribution in [0.2, 0.25) is 0 Å². The van der Waals surface area contributed by atoms with Crippen LogP contribution in [0, 0.1) is 0 Å². The van der Waals surface area contributed by atoms with Crippen molar-refractivity contribution in [3.05, 3.63) is 25.3 Å². The minimum Gasteiger partial charge on any atom is -0.418 e. The van der Waals surface area contributed by atoms with Gasteiger partial charge in [0.15, 0.2) is 5.60 Å². The quantitative estimate of drug-likeness (QED) is 0.337. The summed E-state index contributed by atoms with van der Waals surface area (Å²) in [5, 5.41) is 19.4. The van der Waals surface area contributed by atoms with Gasteiger partial charge in [0.05, 0.1) is 6.42 Å². The average molecular weight is 492 g/mol. The highest BCUT2D eigenvalue weighted by atomic mass is 19.3. The molecule has 1 fully saturated rings. The summed E-state index contributed by atoms with van der Waals surface area (Å²) in [7, 11) is 0. The van der Waals surface area contributed by atoms with E-state index in [4.69, 9.17) is 0 Å². The van der Waals surface area contributed by atoms with E-state index in [0.29, 0.717) is 0 Å². The Morgan fingerprint density at radius 1 is 0.781 bits per heavy atom. The highest BCUT2D eigenvalue weighted by Gasteiger charge is 2.94. The predicted octanol–water partition coefficient (Wildman–Crippen LogP) is 2.49. The zero-order chi connectivity index (χ0) is 25.6. The molecule has 0 heterocycles. The lowest BCUT2D eigenvalue weighted by Gasteiger charge is -2.54. The van der Waals surface area contributed by atoms with Gasteiger partial charge < -0.3 is 19.7 Å². The van der Waals surface area contributed by atoms with Crippen molar-refractivity contribution in [1.82, 2.24) is 0 Å². The van der Waals surface area contributed by atoms with E-state index >= 15 is 8.78 Å². The van der Waals surface area contributed by atoms with Gasteiger partial charge in [-0.1, -0.05) is 13.2 Å². The number of ether oxygens (including phenoxy) is 2. The van der Waals surface area contributed by atoms with Crippen LogP contribution in [0.15, 0.2) is 25.3 Å². The lowest BCUT2D eigenvalue weighted by Crippen LogP contribution is -2.84.